The first-order chi connectivity index (χ1) is 8.59. The highest BCUT2D eigenvalue weighted by Crippen LogP contribution is 2.28. The third-order valence-electron chi connectivity index (χ3n) is 3.25. The quantitative estimate of drug-likeness (QED) is 0.793. The first-order valence-corrected chi connectivity index (χ1v) is 7.16. The number of hydrogen-bond acceptors (Lipinski definition) is 4. The molecule has 6 nitrogen and oxygen atoms in total. The molecule has 0 spiro atoms. The Morgan fingerprint density at radius 1 is 1.56 bits per heavy atom. The fourth-order valence-electron chi connectivity index (χ4n) is 2.24. The van der Waals surface area contributed by atoms with Gasteiger partial charge >= 0.3 is 12.0 Å². The van der Waals surface area contributed by atoms with Gasteiger partial charge in [-0.1, -0.05) is 0 Å². The van der Waals surface area contributed by atoms with Crippen LogP contribution in [-0.4, -0.2) is 58.4 Å². The lowest BCUT2D eigenvalue weighted by molar-refractivity contribution is -0.141. The molecule has 0 bridgehead atoms. The van der Waals surface area contributed by atoms with Crippen molar-refractivity contribution in [3.63, 3.8) is 0 Å². The third-order valence-corrected chi connectivity index (χ3v) is 4.47. The van der Waals surface area contributed by atoms with E-state index in [1.165, 1.54) is 16.7 Å². The number of ether oxygens (including phenoxy) is 1. The van der Waals surface area contributed by atoms with E-state index in [0.717, 1.165) is 19.4 Å². The molecule has 2 aliphatic heterocycles. The second-order valence-electron chi connectivity index (χ2n) is 4.52. The van der Waals surface area contributed by atoms with Gasteiger partial charge in [0.05, 0.1) is 11.5 Å². The molecule has 102 valence electrons. The molecule has 0 aromatic carbocycles. The van der Waals surface area contributed by atoms with Crippen LogP contribution < -0.4 is 5.32 Å². The highest BCUT2D eigenvalue weighted by atomic mass is 32.2. The van der Waals surface area contributed by atoms with Crippen LogP contribution in [0.25, 0.3) is 0 Å². The van der Waals surface area contributed by atoms with Gasteiger partial charge in [0.1, 0.15) is 6.04 Å². The molecule has 2 heterocycles. The van der Waals surface area contributed by atoms with E-state index in [2.05, 4.69) is 5.32 Å². The van der Waals surface area contributed by atoms with E-state index in [1.54, 1.807) is 0 Å². The van der Waals surface area contributed by atoms with Crippen molar-refractivity contribution >= 4 is 23.8 Å². The van der Waals surface area contributed by atoms with Gasteiger partial charge in [0.25, 0.3) is 0 Å². The Morgan fingerprint density at radius 3 is 2.94 bits per heavy atom. The van der Waals surface area contributed by atoms with Crippen LogP contribution in [0.2, 0.25) is 0 Å². The summed E-state index contributed by atoms with van der Waals surface area (Å²) in [5.41, 5.74) is 0. The summed E-state index contributed by atoms with van der Waals surface area (Å²) in [5, 5.41) is 11.7. The molecule has 0 aliphatic carbocycles. The van der Waals surface area contributed by atoms with Gasteiger partial charge in [0.2, 0.25) is 0 Å². The maximum absolute atomic E-state index is 12.0. The number of hydrogen-bond donors (Lipinski definition) is 2. The number of carbonyl (C=O) groups is 2. The average Bonchev–Trinajstić information content (AvgIpc) is 2.94. The Labute approximate surface area is 110 Å². The minimum Gasteiger partial charge on any atom is -0.480 e. The molecule has 0 radical (unpaired) electrons. The minimum atomic E-state index is -0.945. The van der Waals surface area contributed by atoms with Crippen molar-refractivity contribution in [2.24, 2.45) is 0 Å². The van der Waals surface area contributed by atoms with Gasteiger partial charge in [-0.2, -0.15) is 0 Å². The second-order valence-corrected chi connectivity index (χ2v) is 5.86. The van der Waals surface area contributed by atoms with Gasteiger partial charge in [0.15, 0.2) is 0 Å². The number of aliphatic carboxylic acids is 1. The van der Waals surface area contributed by atoms with E-state index < -0.39 is 12.0 Å². The molecule has 2 amide bonds. The van der Waals surface area contributed by atoms with E-state index >= 15 is 0 Å². The number of urea groups is 1. The van der Waals surface area contributed by atoms with Crippen molar-refractivity contribution in [2.45, 2.75) is 37.3 Å². The summed E-state index contributed by atoms with van der Waals surface area (Å²) in [7, 11) is 0. The predicted molar refractivity (Wildman–Crippen MR) is 67.6 cm³/mol. The summed E-state index contributed by atoms with van der Waals surface area (Å²) in [6.07, 6.45) is 2.05. The van der Waals surface area contributed by atoms with Crippen molar-refractivity contribution in [3.05, 3.63) is 0 Å². The largest absolute Gasteiger partial charge is 0.480 e. The molecule has 7 heteroatoms. The van der Waals surface area contributed by atoms with E-state index in [-0.39, 0.29) is 17.5 Å². The van der Waals surface area contributed by atoms with Gasteiger partial charge in [0, 0.05) is 18.9 Å². The van der Waals surface area contributed by atoms with E-state index in [0.29, 0.717) is 12.3 Å². The van der Waals surface area contributed by atoms with Crippen LogP contribution in [0.3, 0.4) is 0 Å². The first-order valence-electron chi connectivity index (χ1n) is 6.11. The average molecular weight is 274 g/mol. The Kier molecular flexibility index (Phi) is 4.34. The molecule has 18 heavy (non-hydrogen) atoms. The lowest BCUT2D eigenvalue weighted by atomic mass is 10.2. The zero-order valence-electron chi connectivity index (χ0n) is 10.3. The maximum atomic E-state index is 12.0. The zero-order chi connectivity index (χ0) is 13.1. The Balaban J connectivity index is 1.87. The van der Waals surface area contributed by atoms with Crippen molar-refractivity contribution in [2.75, 3.05) is 18.9 Å². The lowest BCUT2D eigenvalue weighted by Crippen LogP contribution is -2.50. The SMILES string of the molecule is CC1SCC(C(=O)O)N1C(=O)NCC1CCCO1. The standard InChI is InChI=1S/C11H18N2O4S/c1-7-13(9(6-18-7)10(14)15)11(16)12-5-8-3-2-4-17-8/h7-9H,2-6H2,1H3,(H,12,16)(H,14,15). The van der Waals surface area contributed by atoms with Gasteiger partial charge in [-0.05, 0) is 19.8 Å². The summed E-state index contributed by atoms with van der Waals surface area (Å²) in [6.45, 7) is 3.05. The molecule has 3 atom stereocenters. The van der Waals surface area contributed by atoms with Crippen LogP contribution >= 0.6 is 11.8 Å². The molecule has 2 aliphatic rings. The fraction of sp³-hybridized carbons (Fsp3) is 0.818. The molecule has 0 aromatic heterocycles. The highest BCUT2D eigenvalue weighted by Gasteiger charge is 2.39. The number of rotatable bonds is 3. The van der Waals surface area contributed by atoms with Crippen molar-refractivity contribution in [1.82, 2.24) is 10.2 Å². The molecule has 2 saturated heterocycles. The second kappa shape index (κ2) is 5.79. The number of amides is 2. The summed E-state index contributed by atoms with van der Waals surface area (Å²) < 4.78 is 5.41. The number of nitrogens with zero attached hydrogens (tertiary/aromatic N) is 1. The molecular formula is C11H18N2O4S. The monoisotopic (exact) mass is 274 g/mol. The smallest absolute Gasteiger partial charge is 0.327 e. The summed E-state index contributed by atoms with van der Waals surface area (Å²) in [4.78, 5) is 24.5. The number of carboxylic acids is 1. The Hall–Kier alpha value is -0.950. The predicted octanol–water partition coefficient (Wildman–Crippen LogP) is 0.723. The maximum Gasteiger partial charge on any atom is 0.327 e. The van der Waals surface area contributed by atoms with Crippen LogP contribution in [0.15, 0.2) is 0 Å². The summed E-state index contributed by atoms with van der Waals surface area (Å²) >= 11 is 1.48. The van der Waals surface area contributed by atoms with Crippen LogP contribution in [-0.2, 0) is 9.53 Å². The van der Waals surface area contributed by atoms with Crippen LogP contribution in [0, 0.1) is 0 Å². The van der Waals surface area contributed by atoms with Crippen molar-refractivity contribution in [1.29, 1.82) is 0 Å². The van der Waals surface area contributed by atoms with E-state index in [1.807, 2.05) is 6.92 Å². The van der Waals surface area contributed by atoms with E-state index in [4.69, 9.17) is 9.84 Å². The molecular weight excluding hydrogens is 256 g/mol. The van der Waals surface area contributed by atoms with Gasteiger partial charge in [-0.15, -0.1) is 11.8 Å². The molecule has 2 rings (SSSR count). The van der Waals surface area contributed by atoms with Gasteiger partial charge in [-0.25, -0.2) is 9.59 Å². The Morgan fingerprint density at radius 2 is 2.33 bits per heavy atom. The highest BCUT2D eigenvalue weighted by molar-refractivity contribution is 8.00. The molecule has 2 N–H and O–H groups in total. The van der Waals surface area contributed by atoms with Gasteiger partial charge < -0.3 is 15.2 Å². The van der Waals surface area contributed by atoms with Crippen molar-refractivity contribution in [3.8, 4) is 0 Å². The minimum absolute atomic E-state index is 0.0720. The third kappa shape index (κ3) is 2.89. The van der Waals surface area contributed by atoms with Crippen LogP contribution in [0.5, 0.6) is 0 Å². The van der Waals surface area contributed by atoms with E-state index in [9.17, 15) is 9.59 Å². The number of nitrogens with one attached hydrogen (secondary N) is 1. The number of carboxylic acid groups (broad SMARTS) is 1. The Bertz CT molecular complexity index is 333. The fourth-order valence-corrected chi connectivity index (χ4v) is 3.41. The molecule has 0 aromatic rings. The molecule has 2 fully saturated rings. The van der Waals surface area contributed by atoms with Crippen LogP contribution in [0.1, 0.15) is 19.8 Å². The van der Waals surface area contributed by atoms with Crippen LogP contribution in [0.4, 0.5) is 4.79 Å². The molecule has 3 unspecified atom stereocenters. The number of carbonyl (C=O) groups excluding carboxylic acids is 1. The lowest BCUT2D eigenvalue weighted by Gasteiger charge is -2.25. The normalized spacial score (nSPS) is 31.6. The molecule has 0 saturated carbocycles. The summed E-state index contributed by atoms with van der Waals surface area (Å²) in [5.74, 6) is -0.497. The van der Waals surface area contributed by atoms with Crippen molar-refractivity contribution < 1.29 is 19.4 Å². The number of thioether (sulfide) groups is 1. The van der Waals surface area contributed by atoms with Gasteiger partial charge in [-0.3, -0.25) is 4.90 Å². The zero-order valence-corrected chi connectivity index (χ0v) is 11.1. The summed E-state index contributed by atoms with van der Waals surface area (Å²) in [6, 6.07) is -1.04. The topological polar surface area (TPSA) is 78.9 Å². The first kappa shape index (κ1) is 13.5.